The Hall–Kier alpha value is -1.38. The molecule has 0 bridgehead atoms. The summed E-state index contributed by atoms with van der Waals surface area (Å²) in [5, 5.41) is 3.85. The van der Waals surface area contributed by atoms with E-state index in [9.17, 15) is 4.39 Å². The van der Waals surface area contributed by atoms with Crippen molar-refractivity contribution in [1.82, 2.24) is 5.32 Å². The van der Waals surface area contributed by atoms with Crippen molar-refractivity contribution in [2.75, 3.05) is 6.54 Å². The van der Waals surface area contributed by atoms with E-state index in [0.29, 0.717) is 17.0 Å². The zero-order valence-corrected chi connectivity index (χ0v) is 11.3. The van der Waals surface area contributed by atoms with Crippen LogP contribution in [-0.2, 0) is 19.4 Å². The Morgan fingerprint density at radius 2 is 2.05 bits per heavy atom. The fraction of sp³-hybridized carbons (Fsp3) is 0.250. The highest BCUT2D eigenvalue weighted by molar-refractivity contribution is 6.31. The standard InChI is InChI=1S/C16H15ClFN/c17-15-2-1-3-16(18)14(15)9-11-4-5-12-6-7-19-10-13(12)8-11/h1-5,8,19H,6-7,9-10H2. The Morgan fingerprint density at radius 3 is 2.89 bits per heavy atom. The van der Waals surface area contributed by atoms with Crippen LogP contribution in [0.4, 0.5) is 4.39 Å². The fourth-order valence-electron chi connectivity index (χ4n) is 2.55. The maximum Gasteiger partial charge on any atom is 0.128 e. The molecule has 3 rings (SSSR count). The highest BCUT2D eigenvalue weighted by Gasteiger charge is 2.11. The van der Waals surface area contributed by atoms with Gasteiger partial charge in [-0.3, -0.25) is 0 Å². The van der Waals surface area contributed by atoms with Gasteiger partial charge in [-0.2, -0.15) is 0 Å². The zero-order valence-electron chi connectivity index (χ0n) is 10.5. The number of rotatable bonds is 2. The van der Waals surface area contributed by atoms with E-state index in [1.807, 2.05) is 0 Å². The molecule has 1 N–H and O–H groups in total. The Labute approximate surface area is 117 Å². The third kappa shape index (κ3) is 2.65. The summed E-state index contributed by atoms with van der Waals surface area (Å²) in [7, 11) is 0. The normalized spacial score (nSPS) is 14.2. The monoisotopic (exact) mass is 275 g/mol. The van der Waals surface area contributed by atoms with E-state index in [2.05, 4.69) is 23.5 Å². The SMILES string of the molecule is Fc1cccc(Cl)c1Cc1ccc2c(c1)CNCC2. The summed E-state index contributed by atoms with van der Waals surface area (Å²) in [5.74, 6) is -0.233. The average Bonchev–Trinajstić information content (AvgIpc) is 2.43. The Kier molecular flexibility index (Phi) is 3.54. The first-order chi connectivity index (χ1) is 9.24. The molecule has 3 heteroatoms. The number of nitrogens with one attached hydrogen (secondary N) is 1. The van der Waals surface area contributed by atoms with Crippen LogP contribution in [-0.4, -0.2) is 6.54 Å². The van der Waals surface area contributed by atoms with Gasteiger partial charge < -0.3 is 5.32 Å². The van der Waals surface area contributed by atoms with Crippen LogP contribution in [0.15, 0.2) is 36.4 Å². The molecule has 98 valence electrons. The van der Waals surface area contributed by atoms with Crippen molar-refractivity contribution in [2.45, 2.75) is 19.4 Å². The van der Waals surface area contributed by atoms with Gasteiger partial charge in [0.15, 0.2) is 0 Å². The van der Waals surface area contributed by atoms with Crippen molar-refractivity contribution in [3.05, 3.63) is 69.5 Å². The molecule has 0 saturated heterocycles. The first-order valence-electron chi connectivity index (χ1n) is 6.48. The maximum atomic E-state index is 13.8. The van der Waals surface area contributed by atoms with Crippen molar-refractivity contribution in [2.24, 2.45) is 0 Å². The molecule has 1 aliphatic heterocycles. The number of hydrogen-bond acceptors (Lipinski definition) is 1. The highest BCUT2D eigenvalue weighted by atomic mass is 35.5. The van der Waals surface area contributed by atoms with Crippen LogP contribution in [0.25, 0.3) is 0 Å². The topological polar surface area (TPSA) is 12.0 Å². The van der Waals surface area contributed by atoms with Gasteiger partial charge in [-0.1, -0.05) is 35.9 Å². The third-order valence-electron chi connectivity index (χ3n) is 3.60. The van der Waals surface area contributed by atoms with Gasteiger partial charge >= 0.3 is 0 Å². The molecular formula is C16H15ClFN. The summed E-state index contributed by atoms with van der Waals surface area (Å²) in [5.41, 5.74) is 4.39. The summed E-state index contributed by atoms with van der Waals surface area (Å²) in [4.78, 5) is 0. The summed E-state index contributed by atoms with van der Waals surface area (Å²) in [6.45, 7) is 1.93. The maximum absolute atomic E-state index is 13.8. The molecule has 2 aromatic rings. The molecule has 0 saturated carbocycles. The van der Waals surface area contributed by atoms with Crippen LogP contribution in [0.5, 0.6) is 0 Å². The Bertz CT molecular complexity index is 589. The van der Waals surface area contributed by atoms with Crippen molar-refractivity contribution < 1.29 is 4.39 Å². The first kappa shape index (κ1) is 12.6. The molecule has 0 atom stereocenters. The van der Waals surface area contributed by atoms with E-state index in [0.717, 1.165) is 25.1 Å². The number of halogens is 2. The van der Waals surface area contributed by atoms with Crippen LogP contribution < -0.4 is 5.32 Å². The molecule has 0 fully saturated rings. The van der Waals surface area contributed by atoms with E-state index < -0.39 is 0 Å². The van der Waals surface area contributed by atoms with E-state index in [1.165, 1.54) is 17.2 Å². The van der Waals surface area contributed by atoms with Crippen molar-refractivity contribution >= 4 is 11.6 Å². The highest BCUT2D eigenvalue weighted by Crippen LogP contribution is 2.24. The summed E-state index contributed by atoms with van der Waals surface area (Å²) in [6.07, 6.45) is 1.61. The van der Waals surface area contributed by atoms with Crippen LogP contribution in [0.1, 0.15) is 22.3 Å². The smallest absolute Gasteiger partial charge is 0.128 e. The molecule has 2 aromatic carbocycles. The van der Waals surface area contributed by atoms with E-state index in [4.69, 9.17) is 11.6 Å². The molecule has 0 spiro atoms. The minimum absolute atomic E-state index is 0.233. The van der Waals surface area contributed by atoms with Crippen LogP contribution in [0.3, 0.4) is 0 Å². The largest absolute Gasteiger partial charge is 0.312 e. The molecule has 1 heterocycles. The fourth-order valence-corrected chi connectivity index (χ4v) is 2.78. The lowest BCUT2D eigenvalue weighted by molar-refractivity contribution is 0.613. The molecule has 0 amide bonds. The number of benzene rings is 2. The molecule has 19 heavy (non-hydrogen) atoms. The summed E-state index contributed by atoms with van der Waals surface area (Å²) in [6, 6.07) is 11.2. The van der Waals surface area contributed by atoms with Crippen molar-refractivity contribution in [3.63, 3.8) is 0 Å². The second-order valence-corrected chi connectivity index (χ2v) is 5.31. The van der Waals surface area contributed by atoms with Gasteiger partial charge in [-0.25, -0.2) is 4.39 Å². The minimum Gasteiger partial charge on any atom is -0.312 e. The van der Waals surface area contributed by atoms with Crippen LogP contribution in [0.2, 0.25) is 5.02 Å². The predicted molar refractivity (Wildman–Crippen MR) is 76.1 cm³/mol. The van der Waals surface area contributed by atoms with Gasteiger partial charge in [0, 0.05) is 23.6 Å². The Morgan fingerprint density at radius 1 is 1.16 bits per heavy atom. The van der Waals surface area contributed by atoms with E-state index in [1.54, 1.807) is 12.1 Å². The molecule has 1 aliphatic rings. The second kappa shape index (κ2) is 5.32. The molecule has 0 aromatic heterocycles. The van der Waals surface area contributed by atoms with Crippen molar-refractivity contribution in [1.29, 1.82) is 0 Å². The molecule has 0 unspecified atom stereocenters. The Balaban J connectivity index is 1.91. The van der Waals surface area contributed by atoms with Gasteiger partial charge in [-0.05, 0) is 41.8 Å². The van der Waals surface area contributed by atoms with Gasteiger partial charge in [0.1, 0.15) is 5.82 Å². The summed E-state index contributed by atoms with van der Waals surface area (Å²) < 4.78 is 13.8. The lowest BCUT2D eigenvalue weighted by atomic mass is 9.95. The molecular weight excluding hydrogens is 261 g/mol. The lowest BCUT2D eigenvalue weighted by Crippen LogP contribution is -2.23. The molecule has 1 nitrogen and oxygen atoms in total. The third-order valence-corrected chi connectivity index (χ3v) is 3.95. The predicted octanol–water partition coefficient (Wildman–Crippen LogP) is 3.72. The number of hydrogen-bond donors (Lipinski definition) is 1. The van der Waals surface area contributed by atoms with Crippen molar-refractivity contribution in [3.8, 4) is 0 Å². The van der Waals surface area contributed by atoms with Crippen LogP contribution >= 0.6 is 11.6 Å². The van der Waals surface area contributed by atoms with Gasteiger partial charge in [0.25, 0.3) is 0 Å². The quantitative estimate of drug-likeness (QED) is 0.881. The van der Waals surface area contributed by atoms with E-state index >= 15 is 0 Å². The van der Waals surface area contributed by atoms with Gasteiger partial charge in [-0.15, -0.1) is 0 Å². The average molecular weight is 276 g/mol. The first-order valence-corrected chi connectivity index (χ1v) is 6.86. The van der Waals surface area contributed by atoms with Gasteiger partial charge in [0.2, 0.25) is 0 Å². The summed E-state index contributed by atoms with van der Waals surface area (Å²) >= 11 is 6.07. The zero-order chi connectivity index (χ0) is 13.2. The van der Waals surface area contributed by atoms with E-state index in [-0.39, 0.29) is 5.82 Å². The minimum atomic E-state index is -0.233. The molecule has 0 aliphatic carbocycles. The second-order valence-electron chi connectivity index (χ2n) is 4.91. The number of fused-ring (bicyclic) bond motifs is 1. The lowest BCUT2D eigenvalue weighted by Gasteiger charge is -2.18. The van der Waals surface area contributed by atoms with Gasteiger partial charge in [0.05, 0.1) is 0 Å². The van der Waals surface area contributed by atoms with Crippen LogP contribution in [0, 0.1) is 5.82 Å². The molecule has 0 radical (unpaired) electrons.